The second-order valence-corrected chi connectivity index (χ2v) is 8.84. The standard InChI is InChI=1S/C24H28N4O5/c1-14(29)16-7-4-8-17(11-16)26-24(30)33-20-13-32-21-19(12-31-22(20)21)28-23-25-10-9-18(27-23)15-5-2-3-6-15/h4,7-11,15,19-22H,2-3,5-6,12-13H2,1H3,(H,26,30)(H,25,27,28). The second kappa shape index (κ2) is 9.44. The van der Waals surface area contributed by atoms with Crippen molar-refractivity contribution < 1.29 is 23.8 Å². The number of carbonyl (C=O) groups is 2. The molecule has 2 aromatic rings. The number of rotatable bonds is 6. The van der Waals surface area contributed by atoms with Gasteiger partial charge in [-0.05, 0) is 38.0 Å². The van der Waals surface area contributed by atoms with Gasteiger partial charge in [-0.15, -0.1) is 0 Å². The number of Topliss-reactive ketones (excluding diaryl/α,β-unsaturated/α-hetero) is 1. The molecule has 1 aromatic heterocycles. The van der Waals surface area contributed by atoms with Crippen LogP contribution in [-0.2, 0) is 14.2 Å². The number of ketones is 1. The normalized spacial score (nSPS) is 26.7. The Hall–Kier alpha value is -3.04. The lowest BCUT2D eigenvalue weighted by Crippen LogP contribution is -2.38. The Bertz CT molecular complexity index is 1030. The van der Waals surface area contributed by atoms with Crippen molar-refractivity contribution in [2.75, 3.05) is 23.8 Å². The highest BCUT2D eigenvalue weighted by atomic mass is 16.6. The first-order valence-corrected chi connectivity index (χ1v) is 11.5. The molecule has 2 aliphatic heterocycles. The SMILES string of the molecule is CC(=O)c1cccc(NC(=O)OC2COC3C(Nc4nccc(C5CCCC5)n4)COC23)c1. The van der Waals surface area contributed by atoms with E-state index in [1.165, 1.54) is 32.6 Å². The summed E-state index contributed by atoms with van der Waals surface area (Å²) in [5.41, 5.74) is 2.10. The van der Waals surface area contributed by atoms with Crippen LogP contribution < -0.4 is 10.6 Å². The summed E-state index contributed by atoms with van der Waals surface area (Å²) in [4.78, 5) is 33.0. The predicted octanol–water partition coefficient (Wildman–Crippen LogP) is 3.53. The van der Waals surface area contributed by atoms with Crippen LogP contribution in [0.5, 0.6) is 0 Å². The second-order valence-electron chi connectivity index (χ2n) is 8.84. The number of amides is 1. The number of aromatic nitrogens is 2. The van der Waals surface area contributed by atoms with E-state index in [0.29, 0.717) is 29.7 Å². The van der Waals surface area contributed by atoms with Gasteiger partial charge in [0, 0.05) is 29.1 Å². The molecule has 1 saturated carbocycles. The molecule has 1 aliphatic carbocycles. The molecule has 9 heteroatoms. The number of hydrogen-bond acceptors (Lipinski definition) is 8. The number of ether oxygens (including phenoxy) is 3. The number of hydrogen-bond donors (Lipinski definition) is 2. The maximum absolute atomic E-state index is 12.4. The van der Waals surface area contributed by atoms with Gasteiger partial charge in [0.25, 0.3) is 0 Å². The first-order chi connectivity index (χ1) is 16.1. The monoisotopic (exact) mass is 452 g/mol. The molecule has 0 spiro atoms. The van der Waals surface area contributed by atoms with Crippen molar-refractivity contribution in [2.45, 2.75) is 62.9 Å². The van der Waals surface area contributed by atoms with Gasteiger partial charge in [-0.3, -0.25) is 10.1 Å². The number of fused-ring (bicyclic) bond motifs is 1. The van der Waals surface area contributed by atoms with Crippen LogP contribution in [-0.4, -0.2) is 59.4 Å². The zero-order valence-electron chi connectivity index (χ0n) is 18.5. The molecule has 3 heterocycles. The molecule has 2 N–H and O–H groups in total. The van der Waals surface area contributed by atoms with Crippen LogP contribution in [0.2, 0.25) is 0 Å². The molecule has 9 nitrogen and oxygen atoms in total. The molecule has 5 rings (SSSR count). The van der Waals surface area contributed by atoms with Crippen LogP contribution in [0.15, 0.2) is 36.5 Å². The Kier molecular flexibility index (Phi) is 6.24. The first kappa shape index (κ1) is 21.8. The molecule has 4 atom stereocenters. The maximum Gasteiger partial charge on any atom is 0.412 e. The van der Waals surface area contributed by atoms with Gasteiger partial charge in [0.15, 0.2) is 11.9 Å². The largest absolute Gasteiger partial charge is 0.441 e. The molecule has 174 valence electrons. The lowest BCUT2D eigenvalue weighted by molar-refractivity contribution is 0.00916. The van der Waals surface area contributed by atoms with Crippen LogP contribution in [0.3, 0.4) is 0 Å². The third-order valence-electron chi connectivity index (χ3n) is 6.55. The summed E-state index contributed by atoms with van der Waals surface area (Å²) in [6, 6.07) is 8.59. The lowest BCUT2D eigenvalue weighted by Gasteiger charge is -2.18. The Morgan fingerprint density at radius 3 is 2.73 bits per heavy atom. The van der Waals surface area contributed by atoms with Gasteiger partial charge in [-0.2, -0.15) is 0 Å². The number of benzene rings is 1. The molecule has 2 saturated heterocycles. The van der Waals surface area contributed by atoms with Crippen LogP contribution in [0.25, 0.3) is 0 Å². The minimum Gasteiger partial charge on any atom is -0.441 e. The fourth-order valence-electron chi connectivity index (χ4n) is 4.85. The van der Waals surface area contributed by atoms with Gasteiger partial charge in [0.2, 0.25) is 5.95 Å². The molecule has 0 radical (unpaired) electrons. The van der Waals surface area contributed by atoms with E-state index in [9.17, 15) is 9.59 Å². The average molecular weight is 453 g/mol. The minimum atomic E-state index is -0.613. The van der Waals surface area contributed by atoms with Crippen LogP contribution in [0.4, 0.5) is 16.4 Å². The van der Waals surface area contributed by atoms with Crippen molar-refractivity contribution in [1.82, 2.24) is 9.97 Å². The van der Waals surface area contributed by atoms with Crippen molar-refractivity contribution in [3.63, 3.8) is 0 Å². The van der Waals surface area contributed by atoms with Crippen molar-refractivity contribution in [1.29, 1.82) is 0 Å². The molecule has 4 unspecified atom stereocenters. The van der Waals surface area contributed by atoms with Crippen LogP contribution >= 0.6 is 0 Å². The Morgan fingerprint density at radius 1 is 1.09 bits per heavy atom. The Balaban J connectivity index is 1.17. The average Bonchev–Trinajstić information content (AvgIpc) is 3.55. The van der Waals surface area contributed by atoms with Crippen LogP contribution in [0, 0.1) is 0 Å². The van der Waals surface area contributed by atoms with E-state index in [-0.39, 0.29) is 30.6 Å². The highest BCUT2D eigenvalue weighted by Crippen LogP contribution is 2.34. The fourth-order valence-corrected chi connectivity index (χ4v) is 4.85. The number of anilines is 2. The van der Waals surface area contributed by atoms with Gasteiger partial charge in [-0.25, -0.2) is 14.8 Å². The quantitative estimate of drug-likeness (QED) is 0.640. The van der Waals surface area contributed by atoms with Gasteiger partial charge in [0.1, 0.15) is 12.2 Å². The summed E-state index contributed by atoms with van der Waals surface area (Å²) in [6.07, 6.45) is 4.89. The predicted molar refractivity (Wildman–Crippen MR) is 120 cm³/mol. The number of nitrogens with zero attached hydrogens (tertiary/aromatic N) is 2. The van der Waals surface area contributed by atoms with Crippen molar-refractivity contribution >= 4 is 23.5 Å². The first-order valence-electron chi connectivity index (χ1n) is 11.5. The summed E-state index contributed by atoms with van der Waals surface area (Å²) >= 11 is 0. The lowest BCUT2D eigenvalue weighted by atomic mass is 10.0. The van der Waals surface area contributed by atoms with Crippen molar-refractivity contribution in [2.24, 2.45) is 0 Å². The molecule has 1 amide bonds. The molecule has 33 heavy (non-hydrogen) atoms. The van der Waals surface area contributed by atoms with Crippen molar-refractivity contribution in [3.05, 3.63) is 47.8 Å². The number of carbonyl (C=O) groups excluding carboxylic acids is 2. The summed E-state index contributed by atoms with van der Waals surface area (Å²) in [5.74, 6) is 1.01. The van der Waals surface area contributed by atoms with E-state index >= 15 is 0 Å². The Morgan fingerprint density at radius 2 is 1.91 bits per heavy atom. The van der Waals surface area contributed by atoms with E-state index in [0.717, 1.165) is 5.69 Å². The summed E-state index contributed by atoms with van der Waals surface area (Å²) < 4.78 is 17.4. The number of nitrogens with one attached hydrogen (secondary N) is 2. The van der Waals surface area contributed by atoms with E-state index in [2.05, 4.69) is 15.6 Å². The van der Waals surface area contributed by atoms with Gasteiger partial charge >= 0.3 is 6.09 Å². The van der Waals surface area contributed by atoms with E-state index in [4.69, 9.17) is 19.2 Å². The zero-order valence-corrected chi connectivity index (χ0v) is 18.5. The summed E-state index contributed by atoms with van der Waals surface area (Å²) in [7, 11) is 0. The summed E-state index contributed by atoms with van der Waals surface area (Å²) in [5, 5.41) is 6.01. The van der Waals surface area contributed by atoms with E-state index in [1.807, 2.05) is 6.07 Å². The van der Waals surface area contributed by atoms with Gasteiger partial charge in [-0.1, -0.05) is 25.0 Å². The minimum absolute atomic E-state index is 0.0743. The summed E-state index contributed by atoms with van der Waals surface area (Å²) in [6.45, 7) is 2.14. The Labute approximate surface area is 192 Å². The van der Waals surface area contributed by atoms with Gasteiger partial charge < -0.3 is 19.5 Å². The van der Waals surface area contributed by atoms with E-state index in [1.54, 1.807) is 30.5 Å². The highest BCUT2D eigenvalue weighted by molar-refractivity contribution is 5.96. The smallest absolute Gasteiger partial charge is 0.412 e. The maximum atomic E-state index is 12.4. The molecule has 0 bridgehead atoms. The molecular weight excluding hydrogens is 424 g/mol. The molecular formula is C24H28N4O5. The topological polar surface area (TPSA) is 112 Å². The molecule has 3 aliphatic rings. The molecule has 1 aromatic carbocycles. The fraction of sp³-hybridized carbons (Fsp3) is 0.500. The molecule has 3 fully saturated rings. The van der Waals surface area contributed by atoms with Crippen LogP contribution in [0.1, 0.15) is 54.6 Å². The third-order valence-corrected chi connectivity index (χ3v) is 6.55. The third kappa shape index (κ3) is 4.84. The van der Waals surface area contributed by atoms with E-state index < -0.39 is 12.2 Å². The van der Waals surface area contributed by atoms with Crippen molar-refractivity contribution in [3.8, 4) is 0 Å². The highest BCUT2D eigenvalue weighted by Gasteiger charge is 2.49. The zero-order chi connectivity index (χ0) is 22.8. The van der Waals surface area contributed by atoms with Gasteiger partial charge in [0.05, 0.1) is 19.3 Å².